The number of benzene rings is 1. The number of nitrogens with one attached hydrogen (secondary N) is 1. The Hall–Kier alpha value is -1.57. The molecule has 2 heterocycles. The van der Waals surface area contributed by atoms with Gasteiger partial charge in [-0.3, -0.25) is 4.79 Å². The van der Waals surface area contributed by atoms with Crippen LogP contribution in [0.25, 0.3) is 0 Å². The van der Waals surface area contributed by atoms with Crippen LogP contribution in [0.4, 0.5) is 5.69 Å². The van der Waals surface area contributed by atoms with Gasteiger partial charge >= 0.3 is 0 Å². The third-order valence-corrected chi connectivity index (χ3v) is 4.95. The Morgan fingerprint density at radius 3 is 3.12 bits per heavy atom. The Kier molecular flexibility index (Phi) is 5.76. The molecule has 0 spiro atoms. The molecule has 0 unspecified atom stereocenters. The van der Waals surface area contributed by atoms with Gasteiger partial charge in [-0.25, -0.2) is 0 Å². The maximum Gasteiger partial charge on any atom is 0.234 e. The van der Waals surface area contributed by atoms with Gasteiger partial charge in [0.15, 0.2) is 5.16 Å². The number of carbonyl (C=O) groups excluding carboxylic acids is 1. The lowest BCUT2D eigenvalue weighted by Crippen LogP contribution is -2.18. The molecule has 0 saturated carbocycles. The van der Waals surface area contributed by atoms with Crippen molar-refractivity contribution in [2.75, 3.05) is 17.7 Å². The molecule has 1 saturated heterocycles. The van der Waals surface area contributed by atoms with Crippen LogP contribution in [0.2, 0.25) is 5.02 Å². The summed E-state index contributed by atoms with van der Waals surface area (Å²) in [5.41, 5.74) is 0.685. The van der Waals surface area contributed by atoms with Crippen molar-refractivity contribution < 1.29 is 9.53 Å². The molecule has 128 valence electrons. The van der Waals surface area contributed by atoms with Crippen LogP contribution in [-0.4, -0.2) is 39.1 Å². The summed E-state index contributed by atoms with van der Waals surface area (Å²) in [5, 5.41) is 12.4. The number of aromatic nitrogens is 3. The molecular formula is C16H19ClN4O2S. The topological polar surface area (TPSA) is 69.0 Å². The molecule has 3 rings (SSSR count). The molecule has 1 amide bonds. The fourth-order valence-electron chi connectivity index (χ4n) is 2.56. The zero-order valence-electron chi connectivity index (χ0n) is 13.4. The number of carbonyl (C=O) groups is 1. The molecule has 0 radical (unpaired) electrons. The number of hydrogen-bond donors (Lipinski definition) is 1. The van der Waals surface area contributed by atoms with E-state index in [1.54, 1.807) is 24.3 Å². The summed E-state index contributed by atoms with van der Waals surface area (Å²) in [4.78, 5) is 12.1. The third kappa shape index (κ3) is 4.49. The van der Waals surface area contributed by atoms with E-state index >= 15 is 0 Å². The number of anilines is 1. The summed E-state index contributed by atoms with van der Waals surface area (Å²) < 4.78 is 7.70. The van der Waals surface area contributed by atoms with Crippen molar-refractivity contribution in [3.63, 3.8) is 0 Å². The molecule has 24 heavy (non-hydrogen) atoms. The van der Waals surface area contributed by atoms with Gasteiger partial charge in [-0.15, -0.1) is 10.2 Å². The first-order chi connectivity index (χ1) is 11.6. The molecule has 1 atom stereocenters. The Morgan fingerprint density at radius 2 is 2.38 bits per heavy atom. The first-order valence-corrected chi connectivity index (χ1v) is 9.18. The molecule has 6 nitrogen and oxygen atoms in total. The Labute approximate surface area is 149 Å². The van der Waals surface area contributed by atoms with Crippen LogP contribution in [0.3, 0.4) is 0 Å². The highest BCUT2D eigenvalue weighted by molar-refractivity contribution is 7.99. The zero-order valence-corrected chi connectivity index (χ0v) is 14.9. The van der Waals surface area contributed by atoms with Crippen LogP contribution >= 0.6 is 23.4 Å². The minimum atomic E-state index is -0.105. The zero-order chi connectivity index (χ0) is 16.9. The van der Waals surface area contributed by atoms with Gasteiger partial charge in [-0.05, 0) is 38.0 Å². The second-order valence-corrected chi connectivity index (χ2v) is 7.00. The van der Waals surface area contributed by atoms with E-state index in [0.29, 0.717) is 10.7 Å². The Morgan fingerprint density at radius 1 is 1.50 bits per heavy atom. The van der Waals surface area contributed by atoms with Gasteiger partial charge in [0.05, 0.1) is 18.4 Å². The summed E-state index contributed by atoms with van der Waals surface area (Å²) in [6.07, 6.45) is 2.35. The van der Waals surface area contributed by atoms with Gasteiger partial charge in [-0.2, -0.15) is 0 Å². The van der Waals surface area contributed by atoms with E-state index < -0.39 is 0 Å². The first-order valence-electron chi connectivity index (χ1n) is 7.81. The van der Waals surface area contributed by atoms with Gasteiger partial charge in [0.2, 0.25) is 5.91 Å². The lowest BCUT2D eigenvalue weighted by Gasteiger charge is -2.13. The normalized spacial score (nSPS) is 17.2. The van der Waals surface area contributed by atoms with Crippen molar-refractivity contribution in [3.8, 4) is 0 Å². The highest BCUT2D eigenvalue weighted by Crippen LogP contribution is 2.21. The summed E-state index contributed by atoms with van der Waals surface area (Å²) in [6, 6.07) is 7.09. The average molecular weight is 367 g/mol. The third-order valence-electron chi connectivity index (χ3n) is 3.75. The number of rotatable bonds is 6. The van der Waals surface area contributed by atoms with Gasteiger partial charge in [0.1, 0.15) is 5.82 Å². The van der Waals surface area contributed by atoms with Crippen LogP contribution in [0, 0.1) is 6.92 Å². The second-order valence-electron chi connectivity index (χ2n) is 5.62. The van der Waals surface area contributed by atoms with Crippen molar-refractivity contribution in [2.45, 2.75) is 37.6 Å². The maximum atomic E-state index is 12.1. The van der Waals surface area contributed by atoms with E-state index in [4.69, 9.17) is 16.3 Å². The van der Waals surface area contributed by atoms with Crippen LogP contribution < -0.4 is 5.32 Å². The SMILES string of the molecule is Cc1nnc(SCC(=O)Nc2cccc(Cl)c2)n1C[C@H]1CCCO1. The van der Waals surface area contributed by atoms with Gasteiger partial charge < -0.3 is 14.6 Å². The van der Waals surface area contributed by atoms with E-state index in [2.05, 4.69) is 15.5 Å². The molecule has 1 aromatic heterocycles. The molecule has 1 N–H and O–H groups in total. The number of aryl methyl sites for hydroxylation is 1. The van der Waals surface area contributed by atoms with Crippen molar-refractivity contribution in [1.29, 1.82) is 0 Å². The second kappa shape index (κ2) is 8.00. The number of halogens is 1. The lowest BCUT2D eigenvalue weighted by molar-refractivity contribution is -0.113. The molecule has 1 aliphatic rings. The minimum Gasteiger partial charge on any atom is -0.376 e. The summed E-state index contributed by atoms with van der Waals surface area (Å²) in [6.45, 7) is 3.46. The quantitative estimate of drug-likeness (QED) is 0.795. The van der Waals surface area contributed by atoms with Crippen LogP contribution in [-0.2, 0) is 16.1 Å². The molecule has 2 aromatic rings. The number of ether oxygens (including phenoxy) is 1. The Balaban J connectivity index is 1.57. The maximum absolute atomic E-state index is 12.1. The smallest absolute Gasteiger partial charge is 0.234 e. The highest BCUT2D eigenvalue weighted by Gasteiger charge is 2.20. The first kappa shape index (κ1) is 17.3. The number of amides is 1. The minimum absolute atomic E-state index is 0.105. The fraction of sp³-hybridized carbons (Fsp3) is 0.438. The monoisotopic (exact) mass is 366 g/mol. The Bertz CT molecular complexity index is 716. The van der Waals surface area contributed by atoms with E-state index in [0.717, 1.165) is 37.0 Å². The van der Waals surface area contributed by atoms with Gasteiger partial charge in [0, 0.05) is 17.3 Å². The van der Waals surface area contributed by atoms with Crippen molar-refractivity contribution in [3.05, 3.63) is 35.1 Å². The molecule has 0 bridgehead atoms. The largest absolute Gasteiger partial charge is 0.376 e. The standard InChI is InChI=1S/C16H19ClN4O2S/c1-11-19-20-16(21(11)9-14-6-3-7-23-14)24-10-15(22)18-13-5-2-4-12(17)8-13/h2,4-5,8,14H,3,6-7,9-10H2,1H3,(H,18,22)/t14-/m1/s1. The van der Waals surface area contributed by atoms with Gasteiger partial charge in [-0.1, -0.05) is 29.4 Å². The molecule has 8 heteroatoms. The van der Waals surface area contributed by atoms with Crippen molar-refractivity contribution in [1.82, 2.24) is 14.8 Å². The average Bonchev–Trinajstić information content (AvgIpc) is 3.17. The van der Waals surface area contributed by atoms with Crippen LogP contribution in [0.15, 0.2) is 29.4 Å². The van der Waals surface area contributed by atoms with E-state index in [-0.39, 0.29) is 17.8 Å². The highest BCUT2D eigenvalue weighted by atomic mass is 35.5. The van der Waals surface area contributed by atoms with Crippen molar-refractivity contribution in [2.24, 2.45) is 0 Å². The molecule has 1 aliphatic heterocycles. The van der Waals surface area contributed by atoms with E-state index in [1.807, 2.05) is 11.5 Å². The number of nitrogens with zero attached hydrogens (tertiary/aromatic N) is 3. The van der Waals surface area contributed by atoms with Gasteiger partial charge in [0.25, 0.3) is 0 Å². The van der Waals surface area contributed by atoms with Crippen LogP contribution in [0.5, 0.6) is 0 Å². The summed E-state index contributed by atoms with van der Waals surface area (Å²) >= 11 is 7.29. The molecular weight excluding hydrogens is 348 g/mol. The predicted octanol–water partition coefficient (Wildman–Crippen LogP) is 3.15. The van der Waals surface area contributed by atoms with E-state index in [9.17, 15) is 4.79 Å². The summed E-state index contributed by atoms with van der Waals surface area (Å²) in [7, 11) is 0. The molecule has 0 aliphatic carbocycles. The molecule has 1 fully saturated rings. The van der Waals surface area contributed by atoms with Crippen LogP contribution in [0.1, 0.15) is 18.7 Å². The predicted molar refractivity (Wildman–Crippen MR) is 94.5 cm³/mol. The lowest BCUT2D eigenvalue weighted by atomic mass is 10.2. The fourth-order valence-corrected chi connectivity index (χ4v) is 3.55. The number of thioether (sulfide) groups is 1. The van der Waals surface area contributed by atoms with Crippen molar-refractivity contribution >= 4 is 35.0 Å². The van der Waals surface area contributed by atoms with E-state index in [1.165, 1.54) is 11.8 Å². The number of hydrogen-bond acceptors (Lipinski definition) is 5. The molecule has 1 aromatic carbocycles. The summed E-state index contributed by atoms with van der Waals surface area (Å²) in [5.74, 6) is 0.991.